The zero-order valence-corrected chi connectivity index (χ0v) is 8.72. The van der Waals surface area contributed by atoms with Crippen LogP contribution in [-0.2, 0) is 13.5 Å². The Morgan fingerprint density at radius 3 is 2.92 bits per heavy atom. The van der Waals surface area contributed by atoms with Crippen molar-refractivity contribution < 1.29 is 0 Å². The van der Waals surface area contributed by atoms with E-state index in [2.05, 4.69) is 20.9 Å². The summed E-state index contributed by atoms with van der Waals surface area (Å²) in [5.74, 6) is 0. The number of aromatic amines is 1. The molecule has 1 aromatic rings. The maximum Gasteiger partial charge on any atom is 0.328 e. The maximum atomic E-state index is 11.5. The number of alkyl halides is 1. The van der Waals surface area contributed by atoms with Gasteiger partial charge in [0.15, 0.2) is 0 Å². The summed E-state index contributed by atoms with van der Waals surface area (Å²) in [6.45, 7) is 0. The van der Waals surface area contributed by atoms with Crippen LogP contribution in [0.2, 0.25) is 0 Å². The molecule has 0 saturated carbocycles. The summed E-state index contributed by atoms with van der Waals surface area (Å²) in [6.07, 6.45) is 1.62. The zero-order valence-electron chi connectivity index (χ0n) is 7.13. The second-order valence-corrected chi connectivity index (χ2v) is 4.30. The molecule has 1 aliphatic carbocycles. The van der Waals surface area contributed by atoms with Crippen molar-refractivity contribution in [1.29, 1.82) is 0 Å². The van der Waals surface area contributed by atoms with Crippen LogP contribution in [0.3, 0.4) is 0 Å². The van der Waals surface area contributed by atoms with Crippen LogP contribution in [0.25, 0.3) is 0 Å². The Morgan fingerprint density at radius 1 is 1.54 bits per heavy atom. The molecule has 0 spiro atoms. The molecule has 1 N–H and O–H groups in total. The molecule has 0 radical (unpaired) electrons. The van der Waals surface area contributed by atoms with E-state index in [1.54, 1.807) is 0 Å². The van der Waals surface area contributed by atoms with Gasteiger partial charge in [-0.05, 0) is 12.8 Å². The van der Waals surface area contributed by atoms with Crippen molar-refractivity contribution >= 4 is 15.9 Å². The van der Waals surface area contributed by atoms with E-state index in [9.17, 15) is 9.59 Å². The molecule has 5 heteroatoms. The molecule has 1 aromatic heterocycles. The molecule has 13 heavy (non-hydrogen) atoms. The number of H-pyrrole nitrogens is 1. The first kappa shape index (κ1) is 8.74. The number of nitrogens with one attached hydrogen (secondary N) is 1. The smallest absolute Gasteiger partial charge is 0.310 e. The third-order valence-electron chi connectivity index (χ3n) is 2.40. The van der Waals surface area contributed by atoms with Gasteiger partial charge in [-0.25, -0.2) is 4.79 Å². The molecule has 0 fully saturated rings. The Labute approximate surface area is 82.7 Å². The van der Waals surface area contributed by atoms with E-state index in [-0.39, 0.29) is 16.1 Å². The third-order valence-corrected chi connectivity index (χ3v) is 3.31. The number of rotatable bonds is 0. The van der Waals surface area contributed by atoms with Crippen LogP contribution in [0.4, 0.5) is 0 Å². The molecule has 0 bridgehead atoms. The first-order valence-corrected chi connectivity index (χ1v) is 4.99. The summed E-state index contributed by atoms with van der Waals surface area (Å²) in [4.78, 5) is 25.6. The Balaban J connectivity index is 2.82. The molecule has 0 amide bonds. The van der Waals surface area contributed by atoms with Gasteiger partial charge in [-0.3, -0.25) is 9.36 Å². The van der Waals surface area contributed by atoms with Crippen molar-refractivity contribution in [2.24, 2.45) is 7.05 Å². The average Bonchev–Trinajstić information content (AvgIpc) is 2.45. The fourth-order valence-corrected chi connectivity index (χ4v) is 2.23. The average molecular weight is 245 g/mol. The van der Waals surface area contributed by atoms with Crippen molar-refractivity contribution in [2.45, 2.75) is 17.7 Å². The van der Waals surface area contributed by atoms with Crippen LogP contribution in [0.5, 0.6) is 0 Å². The number of hydrogen-bond acceptors (Lipinski definition) is 2. The van der Waals surface area contributed by atoms with Crippen LogP contribution >= 0.6 is 15.9 Å². The maximum absolute atomic E-state index is 11.5. The van der Waals surface area contributed by atoms with Gasteiger partial charge in [0.1, 0.15) is 0 Å². The zero-order chi connectivity index (χ0) is 9.59. The lowest BCUT2D eigenvalue weighted by Gasteiger charge is -2.03. The Bertz CT molecular complexity index is 460. The summed E-state index contributed by atoms with van der Waals surface area (Å²) in [5.41, 5.74) is 0.993. The van der Waals surface area contributed by atoms with E-state index in [4.69, 9.17) is 0 Å². The van der Waals surface area contributed by atoms with E-state index in [1.165, 1.54) is 7.05 Å². The molecule has 1 heterocycles. The van der Waals surface area contributed by atoms with Crippen LogP contribution in [-0.4, -0.2) is 9.55 Å². The highest BCUT2D eigenvalue weighted by molar-refractivity contribution is 9.09. The monoisotopic (exact) mass is 244 g/mol. The van der Waals surface area contributed by atoms with Crippen LogP contribution in [0.15, 0.2) is 9.59 Å². The molecule has 0 unspecified atom stereocenters. The van der Waals surface area contributed by atoms with E-state index in [0.717, 1.165) is 28.7 Å². The molecular weight excluding hydrogens is 236 g/mol. The second-order valence-electron chi connectivity index (χ2n) is 3.19. The predicted octanol–water partition coefficient (Wildman–Crippen LogP) is 0.456. The first-order chi connectivity index (χ1) is 6.11. The van der Waals surface area contributed by atoms with Gasteiger partial charge < -0.3 is 4.98 Å². The number of nitrogens with zero attached hydrogens (tertiary/aromatic N) is 1. The lowest BCUT2D eigenvalue weighted by atomic mass is 10.3. The molecule has 0 saturated heterocycles. The van der Waals surface area contributed by atoms with Gasteiger partial charge >= 0.3 is 5.69 Å². The normalized spacial score (nSPS) is 20.3. The molecule has 2 rings (SSSR count). The molecule has 0 aliphatic heterocycles. The van der Waals surface area contributed by atoms with Crippen LogP contribution in [0, 0.1) is 0 Å². The highest BCUT2D eigenvalue weighted by atomic mass is 79.9. The predicted molar refractivity (Wildman–Crippen MR) is 52.3 cm³/mol. The van der Waals surface area contributed by atoms with Crippen molar-refractivity contribution in [3.8, 4) is 0 Å². The number of fused-ring (bicyclic) bond motifs is 1. The minimum atomic E-state index is -0.338. The molecule has 1 aliphatic rings. The fourth-order valence-electron chi connectivity index (χ4n) is 1.61. The third kappa shape index (κ3) is 1.18. The molecule has 0 aromatic carbocycles. The Kier molecular flexibility index (Phi) is 1.91. The first-order valence-electron chi connectivity index (χ1n) is 4.07. The lowest BCUT2D eigenvalue weighted by molar-refractivity contribution is 0.753. The summed E-state index contributed by atoms with van der Waals surface area (Å²) < 4.78 is 1.11. The van der Waals surface area contributed by atoms with Crippen molar-refractivity contribution in [3.05, 3.63) is 32.1 Å². The summed E-state index contributed by atoms with van der Waals surface area (Å²) in [6, 6.07) is 0. The Hall–Kier alpha value is -0.840. The van der Waals surface area contributed by atoms with Crippen molar-refractivity contribution in [2.75, 3.05) is 0 Å². The van der Waals surface area contributed by atoms with Gasteiger partial charge in [0.25, 0.3) is 5.56 Å². The number of hydrogen-bond donors (Lipinski definition) is 1. The topological polar surface area (TPSA) is 54.9 Å². The van der Waals surface area contributed by atoms with Gasteiger partial charge in [-0.1, -0.05) is 15.9 Å². The quantitative estimate of drug-likeness (QED) is 0.675. The molecule has 1 atom stereocenters. The fraction of sp³-hybridized carbons (Fsp3) is 0.500. The van der Waals surface area contributed by atoms with Gasteiger partial charge in [0, 0.05) is 18.3 Å². The molecule has 70 valence electrons. The lowest BCUT2D eigenvalue weighted by Crippen LogP contribution is -2.35. The molecular formula is C8H9BrN2O2. The van der Waals surface area contributed by atoms with Crippen LogP contribution in [0.1, 0.15) is 22.5 Å². The largest absolute Gasteiger partial charge is 0.328 e. The number of aromatic nitrogens is 2. The molecule has 4 nitrogen and oxygen atoms in total. The second kappa shape index (κ2) is 2.83. The van der Waals surface area contributed by atoms with E-state index >= 15 is 0 Å². The highest BCUT2D eigenvalue weighted by Gasteiger charge is 2.24. The summed E-state index contributed by atoms with van der Waals surface area (Å²) in [7, 11) is 1.49. The standard InChI is InChI=1S/C8H9BrN2O2/c1-11-7(12)4-2-3-5(9)6(4)10-8(11)13/h5H,2-3H2,1H3,(H,10,13)/t5-/m0/s1. The van der Waals surface area contributed by atoms with Gasteiger partial charge in [-0.15, -0.1) is 0 Å². The van der Waals surface area contributed by atoms with E-state index < -0.39 is 0 Å². The van der Waals surface area contributed by atoms with E-state index in [1.807, 2.05) is 0 Å². The van der Waals surface area contributed by atoms with Crippen molar-refractivity contribution in [1.82, 2.24) is 9.55 Å². The van der Waals surface area contributed by atoms with Gasteiger partial charge in [-0.2, -0.15) is 0 Å². The van der Waals surface area contributed by atoms with Gasteiger partial charge in [0.05, 0.1) is 4.83 Å². The number of halogens is 1. The Morgan fingerprint density at radius 2 is 2.23 bits per heavy atom. The van der Waals surface area contributed by atoms with Crippen LogP contribution < -0.4 is 11.2 Å². The summed E-state index contributed by atoms with van der Waals surface area (Å²) in [5, 5.41) is 0. The minimum absolute atomic E-state index is 0.129. The summed E-state index contributed by atoms with van der Waals surface area (Å²) >= 11 is 3.41. The van der Waals surface area contributed by atoms with E-state index in [0.29, 0.717) is 0 Å². The van der Waals surface area contributed by atoms with Gasteiger partial charge in [0.2, 0.25) is 0 Å². The minimum Gasteiger partial charge on any atom is -0.310 e. The van der Waals surface area contributed by atoms with Crippen molar-refractivity contribution in [3.63, 3.8) is 0 Å². The SMILES string of the molecule is Cn1c(=O)[nH]c2c(c1=O)CC[C@@H]2Br. The highest BCUT2D eigenvalue weighted by Crippen LogP contribution is 2.33.